The zero-order valence-corrected chi connectivity index (χ0v) is 24.2. The van der Waals surface area contributed by atoms with Crippen molar-refractivity contribution in [3.63, 3.8) is 0 Å². The van der Waals surface area contributed by atoms with Crippen LogP contribution in [0.25, 0.3) is 22.4 Å². The Balaban J connectivity index is 1.35. The summed E-state index contributed by atoms with van der Waals surface area (Å²) in [4.78, 5) is 43.0. The van der Waals surface area contributed by atoms with E-state index in [1.165, 1.54) is 12.3 Å². The van der Waals surface area contributed by atoms with Gasteiger partial charge in [0.2, 0.25) is 0 Å². The summed E-state index contributed by atoms with van der Waals surface area (Å²) in [6.45, 7) is 10.4. The Morgan fingerprint density at radius 1 is 1.05 bits per heavy atom. The van der Waals surface area contributed by atoms with Crippen LogP contribution >= 0.6 is 0 Å². The van der Waals surface area contributed by atoms with Gasteiger partial charge in [-0.1, -0.05) is 6.07 Å². The number of imidazole rings is 1. The van der Waals surface area contributed by atoms with Gasteiger partial charge in [-0.2, -0.15) is 13.2 Å². The van der Waals surface area contributed by atoms with Gasteiger partial charge in [-0.05, 0) is 62.2 Å². The number of pyridine rings is 1. The number of amides is 1. The summed E-state index contributed by atoms with van der Waals surface area (Å²) in [6, 6.07) is 8.61. The number of rotatable bonds is 7. The number of alkyl halides is 3. The maximum absolute atomic E-state index is 13.7. The van der Waals surface area contributed by atoms with Gasteiger partial charge in [-0.3, -0.25) is 14.5 Å². The van der Waals surface area contributed by atoms with Gasteiger partial charge in [-0.15, -0.1) is 0 Å². The predicted octanol–water partition coefficient (Wildman–Crippen LogP) is 5.08. The molecule has 6 rings (SSSR count). The van der Waals surface area contributed by atoms with E-state index in [1.54, 1.807) is 24.0 Å². The molecule has 0 unspecified atom stereocenters. The number of H-pyrrole nitrogens is 2. The maximum Gasteiger partial charge on any atom is 0.416 e. The van der Waals surface area contributed by atoms with Gasteiger partial charge < -0.3 is 24.5 Å². The Morgan fingerprint density at radius 3 is 2.53 bits per heavy atom. The minimum atomic E-state index is -4.52. The largest absolute Gasteiger partial charge is 0.416 e. The molecule has 2 aliphatic rings. The molecule has 43 heavy (non-hydrogen) atoms. The van der Waals surface area contributed by atoms with E-state index in [0.29, 0.717) is 59.8 Å². The first kappa shape index (κ1) is 28.9. The lowest BCUT2D eigenvalue weighted by molar-refractivity contribution is -0.137. The van der Waals surface area contributed by atoms with Crippen LogP contribution in [0.2, 0.25) is 0 Å². The van der Waals surface area contributed by atoms with Gasteiger partial charge in [0.05, 0.1) is 35.5 Å². The van der Waals surface area contributed by atoms with E-state index in [0.717, 1.165) is 37.3 Å². The minimum Gasteiger partial charge on any atom is -0.379 e. The van der Waals surface area contributed by atoms with Crippen LogP contribution in [0.1, 0.15) is 40.9 Å². The van der Waals surface area contributed by atoms with E-state index in [4.69, 9.17) is 9.72 Å². The number of hydrogen-bond donors (Lipinski definition) is 2. The van der Waals surface area contributed by atoms with Crippen molar-refractivity contribution >= 4 is 28.3 Å². The number of aromatic nitrogens is 3. The number of morpholine rings is 1. The number of aromatic amines is 2. The highest BCUT2D eigenvalue weighted by molar-refractivity contribution is 6.02. The van der Waals surface area contributed by atoms with Crippen LogP contribution < -0.4 is 10.5 Å². The van der Waals surface area contributed by atoms with Crippen LogP contribution in [0, 0.1) is 6.92 Å². The molecule has 0 aliphatic carbocycles. The van der Waals surface area contributed by atoms with E-state index < -0.39 is 17.3 Å². The molecule has 9 nitrogen and oxygen atoms in total. The number of nitrogens with one attached hydrogen (secondary N) is 2. The van der Waals surface area contributed by atoms with Crippen LogP contribution in [0.3, 0.4) is 0 Å². The number of aryl methyl sites for hydroxylation is 1. The summed E-state index contributed by atoms with van der Waals surface area (Å²) in [6.07, 6.45) is -3.04. The molecule has 2 aromatic heterocycles. The lowest BCUT2D eigenvalue weighted by Crippen LogP contribution is -2.41. The number of ether oxygens (including phenoxy) is 1. The first-order chi connectivity index (χ1) is 20.5. The summed E-state index contributed by atoms with van der Waals surface area (Å²) in [5, 5.41) is 0. The normalized spacial score (nSPS) is 16.0. The highest BCUT2D eigenvalue weighted by atomic mass is 19.4. The molecule has 0 atom stereocenters. The third kappa shape index (κ3) is 5.52. The van der Waals surface area contributed by atoms with Crippen molar-refractivity contribution in [1.29, 1.82) is 0 Å². The molecular weight excluding hydrogens is 561 g/mol. The van der Waals surface area contributed by atoms with Crippen molar-refractivity contribution in [2.45, 2.75) is 39.5 Å². The van der Waals surface area contributed by atoms with Gasteiger partial charge in [0.15, 0.2) is 0 Å². The zero-order chi connectivity index (χ0) is 30.5. The van der Waals surface area contributed by atoms with Crippen LogP contribution in [-0.2, 0) is 17.5 Å². The van der Waals surface area contributed by atoms with Crippen LogP contribution in [0.15, 0.2) is 47.4 Å². The number of fused-ring (bicyclic) bond motifs is 2. The highest BCUT2D eigenvalue weighted by Gasteiger charge is 2.33. The zero-order valence-electron chi connectivity index (χ0n) is 24.2. The van der Waals surface area contributed by atoms with Gasteiger partial charge in [0, 0.05) is 56.2 Å². The summed E-state index contributed by atoms with van der Waals surface area (Å²) in [7, 11) is 0. The standard InChI is InChI=1S/C31H33F3N6O3/c1-18(2)40(26-15-21(31(32,33)34)5-4-19(26)3)25-6-7-35-29(41)27(25)28-36-23-14-20-17-39(9-8-38-10-12-43-13-11-38)30(42)22(20)16-24(23)37-28/h4-7,14-16,18H,8-13,17H2,1-3H3,(H,35,41)(H,36,37). The van der Waals surface area contributed by atoms with Crippen molar-refractivity contribution in [3.8, 4) is 11.4 Å². The van der Waals surface area contributed by atoms with Crippen molar-refractivity contribution < 1.29 is 22.7 Å². The number of benzene rings is 2. The SMILES string of the molecule is Cc1ccc(C(F)(F)F)cc1N(c1cc[nH]c(=O)c1-c1nc2cc3c(cc2[nH]1)CN(CCN1CCOCC1)C3=O)C(C)C. The van der Waals surface area contributed by atoms with Crippen LogP contribution in [-0.4, -0.2) is 76.1 Å². The molecular formula is C31H33F3N6O3. The number of hydrogen-bond acceptors (Lipinski definition) is 6. The minimum absolute atomic E-state index is 0.0565. The molecule has 4 heterocycles. The van der Waals surface area contributed by atoms with E-state index in [-0.39, 0.29) is 23.3 Å². The topological polar surface area (TPSA) is 97.6 Å². The molecule has 0 spiro atoms. The van der Waals surface area contributed by atoms with Crippen molar-refractivity contribution in [2.24, 2.45) is 0 Å². The molecule has 1 amide bonds. The summed E-state index contributed by atoms with van der Waals surface area (Å²) in [5.41, 5.74) is 3.02. The Kier molecular flexibility index (Phi) is 7.51. The molecule has 12 heteroatoms. The fraction of sp³-hybridized carbons (Fsp3) is 0.387. The average molecular weight is 595 g/mol. The van der Waals surface area contributed by atoms with Gasteiger partial charge in [-0.25, -0.2) is 4.98 Å². The average Bonchev–Trinajstić information content (AvgIpc) is 3.51. The second kappa shape index (κ2) is 11.2. The molecule has 0 saturated carbocycles. The fourth-order valence-electron chi connectivity index (χ4n) is 5.89. The number of carbonyl (C=O) groups is 1. The van der Waals surface area contributed by atoms with Gasteiger partial charge in [0.1, 0.15) is 11.4 Å². The molecule has 2 N–H and O–H groups in total. The van der Waals surface area contributed by atoms with E-state index >= 15 is 0 Å². The predicted molar refractivity (Wildman–Crippen MR) is 158 cm³/mol. The maximum atomic E-state index is 13.7. The summed E-state index contributed by atoms with van der Waals surface area (Å²) < 4.78 is 46.4. The Hall–Kier alpha value is -4.16. The van der Waals surface area contributed by atoms with E-state index in [2.05, 4.69) is 14.9 Å². The van der Waals surface area contributed by atoms with Crippen molar-refractivity contribution in [1.82, 2.24) is 24.8 Å². The third-order valence-corrected chi connectivity index (χ3v) is 8.12. The lowest BCUT2D eigenvalue weighted by atomic mass is 10.0. The van der Waals surface area contributed by atoms with E-state index in [1.807, 2.05) is 24.8 Å². The Labute approximate surface area is 246 Å². The second-order valence-electron chi connectivity index (χ2n) is 11.3. The lowest BCUT2D eigenvalue weighted by Gasteiger charge is -2.32. The van der Waals surface area contributed by atoms with Crippen molar-refractivity contribution in [3.05, 3.63) is 75.2 Å². The quantitative estimate of drug-likeness (QED) is 0.310. The van der Waals surface area contributed by atoms with Gasteiger partial charge >= 0.3 is 6.18 Å². The molecule has 1 fully saturated rings. The van der Waals surface area contributed by atoms with Gasteiger partial charge in [0.25, 0.3) is 11.5 Å². The number of nitrogens with zero attached hydrogens (tertiary/aromatic N) is 4. The monoisotopic (exact) mass is 594 g/mol. The van der Waals surface area contributed by atoms with Crippen LogP contribution in [0.5, 0.6) is 0 Å². The van der Waals surface area contributed by atoms with Crippen molar-refractivity contribution in [2.75, 3.05) is 44.3 Å². The highest BCUT2D eigenvalue weighted by Crippen LogP contribution is 2.39. The first-order valence-electron chi connectivity index (χ1n) is 14.3. The smallest absolute Gasteiger partial charge is 0.379 e. The molecule has 0 bridgehead atoms. The fourth-order valence-corrected chi connectivity index (χ4v) is 5.89. The van der Waals surface area contributed by atoms with Crippen LogP contribution in [0.4, 0.5) is 24.5 Å². The molecule has 2 aromatic carbocycles. The molecule has 226 valence electrons. The molecule has 1 saturated heterocycles. The Bertz CT molecular complexity index is 1740. The number of carbonyl (C=O) groups excluding carboxylic acids is 1. The van der Waals surface area contributed by atoms with E-state index in [9.17, 15) is 22.8 Å². The molecule has 4 aromatic rings. The molecule has 0 radical (unpaired) electrons. The number of halogens is 3. The molecule has 2 aliphatic heterocycles. The first-order valence-corrected chi connectivity index (χ1v) is 14.3. The second-order valence-corrected chi connectivity index (χ2v) is 11.3. The third-order valence-electron chi connectivity index (χ3n) is 8.12. The Morgan fingerprint density at radius 2 is 1.81 bits per heavy atom. The summed E-state index contributed by atoms with van der Waals surface area (Å²) in [5.74, 6) is 0.210. The number of anilines is 2. The summed E-state index contributed by atoms with van der Waals surface area (Å²) >= 11 is 0.